The smallest absolute Gasteiger partial charge is 0.315 e. The average molecular weight is 271 g/mol. The first kappa shape index (κ1) is 13.0. The SMILES string of the molecule is CN1CC(C)(C)CO[P@@]1(=S)Oc1ccccc1. The van der Waals surface area contributed by atoms with Crippen LogP contribution in [0, 0.1) is 5.41 Å². The topological polar surface area (TPSA) is 21.7 Å². The molecule has 1 fully saturated rings. The first-order chi connectivity index (χ1) is 7.91. The largest absolute Gasteiger partial charge is 0.433 e. The van der Waals surface area contributed by atoms with Crippen LogP contribution in [0.5, 0.6) is 5.75 Å². The zero-order valence-electron chi connectivity index (χ0n) is 10.4. The van der Waals surface area contributed by atoms with E-state index in [9.17, 15) is 0 Å². The van der Waals surface area contributed by atoms with Gasteiger partial charge < -0.3 is 9.05 Å². The maximum absolute atomic E-state index is 5.88. The fourth-order valence-corrected chi connectivity index (χ4v) is 4.25. The molecule has 17 heavy (non-hydrogen) atoms. The summed E-state index contributed by atoms with van der Waals surface area (Å²) < 4.78 is 13.7. The number of para-hydroxylation sites is 1. The van der Waals surface area contributed by atoms with Gasteiger partial charge in [0.05, 0.1) is 6.61 Å². The molecule has 0 bridgehead atoms. The number of hydrogen-bond donors (Lipinski definition) is 0. The van der Waals surface area contributed by atoms with Crippen LogP contribution in [0.15, 0.2) is 30.3 Å². The lowest BCUT2D eigenvalue weighted by Crippen LogP contribution is -2.39. The third-order valence-corrected chi connectivity index (χ3v) is 5.91. The summed E-state index contributed by atoms with van der Waals surface area (Å²) in [4.78, 5) is 0. The highest BCUT2D eigenvalue weighted by atomic mass is 32.5. The molecule has 1 aliphatic heterocycles. The molecule has 0 radical (unpaired) electrons. The zero-order chi connectivity index (χ0) is 12.5. The summed E-state index contributed by atoms with van der Waals surface area (Å²) in [6.07, 6.45) is 0. The van der Waals surface area contributed by atoms with Crippen LogP contribution in [-0.2, 0) is 16.3 Å². The highest BCUT2D eigenvalue weighted by Crippen LogP contribution is 2.55. The third kappa shape index (κ3) is 3.08. The highest BCUT2D eigenvalue weighted by Gasteiger charge is 2.38. The minimum atomic E-state index is -2.34. The minimum absolute atomic E-state index is 0.136. The Balaban J connectivity index is 2.13. The summed E-state index contributed by atoms with van der Waals surface area (Å²) in [5, 5.41) is 0. The number of rotatable bonds is 2. The Morgan fingerprint density at radius 3 is 2.59 bits per heavy atom. The molecule has 2 rings (SSSR count). The van der Waals surface area contributed by atoms with Crippen molar-refractivity contribution in [3.63, 3.8) is 0 Å². The molecule has 0 aliphatic carbocycles. The fourth-order valence-electron chi connectivity index (χ4n) is 1.82. The van der Waals surface area contributed by atoms with E-state index < -0.39 is 6.64 Å². The van der Waals surface area contributed by atoms with Crippen molar-refractivity contribution >= 4 is 18.4 Å². The molecule has 1 aromatic rings. The molecule has 3 nitrogen and oxygen atoms in total. The van der Waals surface area contributed by atoms with Crippen molar-refractivity contribution < 1.29 is 9.05 Å². The lowest BCUT2D eigenvalue weighted by atomic mass is 9.95. The van der Waals surface area contributed by atoms with Gasteiger partial charge in [0, 0.05) is 12.0 Å². The number of hydrogen-bond acceptors (Lipinski definition) is 3. The van der Waals surface area contributed by atoms with E-state index in [1.807, 2.05) is 42.0 Å². The van der Waals surface area contributed by atoms with Crippen molar-refractivity contribution in [1.82, 2.24) is 4.67 Å². The first-order valence-corrected chi connectivity index (χ1v) is 8.21. The van der Waals surface area contributed by atoms with Gasteiger partial charge in [-0.25, -0.2) is 4.67 Å². The predicted molar refractivity (Wildman–Crippen MR) is 73.7 cm³/mol. The van der Waals surface area contributed by atoms with Gasteiger partial charge in [0.2, 0.25) is 0 Å². The van der Waals surface area contributed by atoms with E-state index in [0.29, 0.717) is 6.61 Å². The molecule has 94 valence electrons. The Labute approximate surface area is 108 Å². The molecule has 1 atom stereocenters. The second-order valence-corrected chi connectivity index (χ2v) is 8.57. The monoisotopic (exact) mass is 271 g/mol. The van der Waals surface area contributed by atoms with Gasteiger partial charge in [-0.3, -0.25) is 0 Å². The number of benzene rings is 1. The van der Waals surface area contributed by atoms with Gasteiger partial charge in [0.1, 0.15) is 5.75 Å². The summed E-state index contributed by atoms with van der Waals surface area (Å²) >= 11 is 5.55. The molecular formula is C12H18NO2PS. The molecule has 0 spiro atoms. The molecule has 1 heterocycles. The van der Waals surface area contributed by atoms with E-state index in [2.05, 4.69) is 13.8 Å². The van der Waals surface area contributed by atoms with Crippen LogP contribution in [0.1, 0.15) is 13.8 Å². The van der Waals surface area contributed by atoms with E-state index in [1.54, 1.807) is 0 Å². The van der Waals surface area contributed by atoms with Crippen molar-refractivity contribution in [1.29, 1.82) is 0 Å². The van der Waals surface area contributed by atoms with Crippen LogP contribution < -0.4 is 4.52 Å². The van der Waals surface area contributed by atoms with Gasteiger partial charge in [-0.05, 0) is 31.0 Å². The quantitative estimate of drug-likeness (QED) is 0.769. The maximum Gasteiger partial charge on any atom is 0.315 e. The Morgan fingerprint density at radius 1 is 1.35 bits per heavy atom. The van der Waals surface area contributed by atoms with Crippen molar-refractivity contribution in [2.24, 2.45) is 5.41 Å². The summed E-state index contributed by atoms with van der Waals surface area (Å²) in [7, 11) is 1.98. The number of nitrogens with zero attached hydrogens (tertiary/aromatic N) is 1. The molecule has 5 heteroatoms. The summed E-state index contributed by atoms with van der Waals surface area (Å²) in [6, 6.07) is 9.64. The molecule has 1 aliphatic rings. The van der Waals surface area contributed by atoms with Crippen molar-refractivity contribution in [3.05, 3.63) is 30.3 Å². The fraction of sp³-hybridized carbons (Fsp3) is 0.500. The first-order valence-electron chi connectivity index (χ1n) is 5.62. The van der Waals surface area contributed by atoms with Gasteiger partial charge in [-0.1, -0.05) is 32.0 Å². The van der Waals surface area contributed by atoms with Crippen LogP contribution in [0.3, 0.4) is 0 Å². The van der Waals surface area contributed by atoms with Gasteiger partial charge in [-0.15, -0.1) is 0 Å². The Bertz CT molecular complexity index is 435. The summed E-state index contributed by atoms with van der Waals surface area (Å²) in [6.45, 7) is 3.56. The zero-order valence-corrected chi connectivity index (χ0v) is 12.1. The van der Waals surface area contributed by atoms with Crippen LogP contribution >= 0.6 is 6.64 Å². The summed E-state index contributed by atoms with van der Waals surface area (Å²) in [5.74, 6) is 0.780. The maximum atomic E-state index is 5.88. The van der Waals surface area contributed by atoms with Gasteiger partial charge in [0.15, 0.2) is 0 Å². The predicted octanol–water partition coefficient (Wildman–Crippen LogP) is 3.28. The lowest BCUT2D eigenvalue weighted by Gasteiger charge is -2.42. The molecule has 0 saturated carbocycles. The molecular weight excluding hydrogens is 253 g/mol. The van der Waals surface area contributed by atoms with Crippen molar-refractivity contribution in [2.45, 2.75) is 13.8 Å². The Kier molecular flexibility index (Phi) is 3.60. The van der Waals surface area contributed by atoms with Gasteiger partial charge in [0.25, 0.3) is 0 Å². The van der Waals surface area contributed by atoms with E-state index in [0.717, 1.165) is 12.3 Å². The second kappa shape index (κ2) is 4.69. The highest BCUT2D eigenvalue weighted by molar-refractivity contribution is 8.08. The standard InChI is InChI=1S/C12H18NO2PS/c1-12(2)9-13(3)16(17,14-10-12)15-11-7-5-4-6-8-11/h4-8H,9-10H2,1-3H3/t16-/m1/s1. The van der Waals surface area contributed by atoms with E-state index in [1.165, 1.54) is 0 Å². The molecule has 0 amide bonds. The van der Waals surface area contributed by atoms with Crippen LogP contribution in [0.25, 0.3) is 0 Å². The molecule has 0 N–H and O–H groups in total. The third-order valence-electron chi connectivity index (χ3n) is 2.66. The van der Waals surface area contributed by atoms with Gasteiger partial charge in [-0.2, -0.15) is 0 Å². The molecule has 1 saturated heterocycles. The van der Waals surface area contributed by atoms with Crippen LogP contribution in [-0.4, -0.2) is 24.9 Å². The normalized spacial score (nSPS) is 28.9. The van der Waals surface area contributed by atoms with Crippen LogP contribution in [0.2, 0.25) is 0 Å². The molecule has 0 unspecified atom stereocenters. The summed E-state index contributed by atoms with van der Waals surface area (Å²) in [5.41, 5.74) is 0.136. The van der Waals surface area contributed by atoms with Crippen LogP contribution in [0.4, 0.5) is 0 Å². The van der Waals surface area contributed by atoms with Crippen molar-refractivity contribution in [3.8, 4) is 5.75 Å². The van der Waals surface area contributed by atoms with Gasteiger partial charge >= 0.3 is 6.64 Å². The van der Waals surface area contributed by atoms with Crippen molar-refractivity contribution in [2.75, 3.05) is 20.2 Å². The Morgan fingerprint density at radius 2 is 2.00 bits per heavy atom. The lowest BCUT2D eigenvalue weighted by molar-refractivity contribution is 0.103. The molecule has 0 aromatic heterocycles. The van der Waals surface area contributed by atoms with E-state index in [-0.39, 0.29) is 5.41 Å². The minimum Gasteiger partial charge on any atom is -0.433 e. The Hall–Kier alpha value is -0.410. The van der Waals surface area contributed by atoms with E-state index >= 15 is 0 Å². The second-order valence-electron chi connectivity index (χ2n) is 5.13. The molecule has 1 aromatic carbocycles. The average Bonchev–Trinajstić information content (AvgIpc) is 2.26. The van der Waals surface area contributed by atoms with E-state index in [4.69, 9.17) is 20.9 Å².